The van der Waals surface area contributed by atoms with Crippen LogP contribution in [0.5, 0.6) is 0 Å². The van der Waals surface area contributed by atoms with Gasteiger partial charge in [-0.25, -0.2) is 0 Å². The lowest BCUT2D eigenvalue weighted by Crippen LogP contribution is -2.11. The van der Waals surface area contributed by atoms with E-state index in [1.807, 2.05) is 21.6 Å². The van der Waals surface area contributed by atoms with Gasteiger partial charge in [0.25, 0.3) is 0 Å². The minimum Gasteiger partial charge on any atom is -0.481 e. The molecule has 14 heavy (non-hydrogen) atoms. The molecule has 0 aromatic rings. The fraction of sp³-hybridized carbons (Fsp3) is 0.778. The number of Topliss-reactive ketones (excluding diaryl/α,β-unsaturated/α-hetero) is 1. The van der Waals surface area contributed by atoms with E-state index in [4.69, 9.17) is 5.11 Å². The topological polar surface area (TPSA) is 54.4 Å². The Labute approximate surface area is 91.4 Å². The van der Waals surface area contributed by atoms with E-state index in [0.29, 0.717) is 11.7 Å². The molecule has 0 aliphatic carbocycles. The monoisotopic (exact) mass is 234 g/mol. The van der Waals surface area contributed by atoms with Crippen molar-refractivity contribution >= 4 is 33.3 Å². The quantitative estimate of drug-likeness (QED) is 0.584. The van der Waals surface area contributed by atoms with Gasteiger partial charge in [-0.05, 0) is 19.3 Å². The highest BCUT2D eigenvalue weighted by Gasteiger charge is 2.16. The first kappa shape index (κ1) is 11.9. The minimum absolute atomic E-state index is 0.145. The number of rotatable bonds is 5. The number of ketones is 1. The molecule has 1 rings (SSSR count). The smallest absolute Gasteiger partial charge is 0.310 e. The van der Waals surface area contributed by atoms with Crippen molar-refractivity contribution in [2.45, 2.75) is 37.4 Å². The molecule has 0 amide bonds. The van der Waals surface area contributed by atoms with E-state index in [2.05, 4.69) is 0 Å². The summed E-state index contributed by atoms with van der Waals surface area (Å²) in [5.41, 5.74) is 0. The normalized spacial score (nSPS) is 21.9. The molecule has 0 bridgehead atoms. The maximum atomic E-state index is 11.1. The van der Waals surface area contributed by atoms with Gasteiger partial charge in [-0.1, -0.05) is 21.6 Å². The van der Waals surface area contributed by atoms with E-state index in [1.165, 1.54) is 12.2 Å². The van der Waals surface area contributed by atoms with E-state index in [-0.39, 0.29) is 12.2 Å². The molecule has 1 fully saturated rings. The second-order valence-corrected chi connectivity index (χ2v) is 6.12. The Kier molecular flexibility index (Phi) is 5.40. The number of hydrogen-bond acceptors (Lipinski definition) is 4. The molecule has 1 atom stereocenters. The zero-order valence-corrected chi connectivity index (χ0v) is 9.53. The molecule has 1 N–H and O–H groups in total. The first-order valence-corrected chi connectivity index (χ1v) is 7.08. The third kappa shape index (κ3) is 4.91. The summed E-state index contributed by atoms with van der Waals surface area (Å²) in [6.45, 7) is 0. The summed E-state index contributed by atoms with van der Waals surface area (Å²) in [4.78, 5) is 21.3. The molecule has 80 valence electrons. The molecule has 0 aromatic carbocycles. The Balaban J connectivity index is 2.12. The van der Waals surface area contributed by atoms with Crippen molar-refractivity contribution < 1.29 is 14.7 Å². The van der Waals surface area contributed by atoms with Gasteiger partial charge in [-0.2, -0.15) is 0 Å². The molecule has 0 saturated carbocycles. The minimum atomic E-state index is -1.01. The van der Waals surface area contributed by atoms with Crippen LogP contribution in [0.25, 0.3) is 0 Å². The number of carboxylic acids is 1. The lowest BCUT2D eigenvalue weighted by molar-refractivity contribution is -0.140. The second kappa shape index (κ2) is 6.35. The van der Waals surface area contributed by atoms with Crippen LogP contribution in [0.4, 0.5) is 0 Å². The third-order valence-electron chi connectivity index (χ3n) is 2.05. The van der Waals surface area contributed by atoms with Gasteiger partial charge in [0.1, 0.15) is 12.2 Å². The number of aliphatic carboxylic acids is 1. The fourth-order valence-corrected chi connectivity index (χ4v) is 4.18. The fourth-order valence-electron chi connectivity index (χ4n) is 1.33. The van der Waals surface area contributed by atoms with Gasteiger partial charge in [0.2, 0.25) is 0 Å². The average molecular weight is 234 g/mol. The lowest BCUT2D eigenvalue weighted by atomic mass is 10.1. The van der Waals surface area contributed by atoms with E-state index < -0.39 is 5.97 Å². The number of carboxylic acid groups (broad SMARTS) is 1. The predicted octanol–water partition coefficient (Wildman–Crippen LogP) is 2.35. The van der Waals surface area contributed by atoms with Gasteiger partial charge in [-0.15, -0.1) is 0 Å². The van der Waals surface area contributed by atoms with E-state index in [1.54, 1.807) is 0 Å². The van der Waals surface area contributed by atoms with Crippen LogP contribution >= 0.6 is 21.6 Å². The SMILES string of the molecule is O=C(O)CC(=O)CCC1CCCSS1. The van der Waals surface area contributed by atoms with Crippen molar-refractivity contribution in [2.24, 2.45) is 0 Å². The maximum absolute atomic E-state index is 11.1. The van der Waals surface area contributed by atoms with Crippen LogP contribution in [0, 0.1) is 0 Å². The van der Waals surface area contributed by atoms with Gasteiger partial charge >= 0.3 is 5.97 Å². The molecule has 1 saturated heterocycles. The van der Waals surface area contributed by atoms with Crippen LogP contribution in [0.2, 0.25) is 0 Å². The largest absolute Gasteiger partial charge is 0.481 e. The number of hydrogen-bond donors (Lipinski definition) is 1. The van der Waals surface area contributed by atoms with E-state index in [9.17, 15) is 9.59 Å². The Bertz CT molecular complexity index is 212. The van der Waals surface area contributed by atoms with Gasteiger partial charge in [0.05, 0.1) is 0 Å². The highest BCUT2D eigenvalue weighted by molar-refractivity contribution is 8.77. The summed E-state index contributed by atoms with van der Waals surface area (Å²) in [6, 6.07) is 0. The van der Waals surface area contributed by atoms with Crippen molar-refractivity contribution in [3.05, 3.63) is 0 Å². The predicted molar refractivity (Wildman–Crippen MR) is 59.6 cm³/mol. The summed E-state index contributed by atoms with van der Waals surface area (Å²) in [5, 5.41) is 8.94. The highest BCUT2D eigenvalue weighted by Crippen LogP contribution is 2.37. The highest BCUT2D eigenvalue weighted by atomic mass is 33.1. The molecule has 1 heterocycles. The van der Waals surface area contributed by atoms with Crippen LogP contribution in [-0.2, 0) is 9.59 Å². The maximum Gasteiger partial charge on any atom is 0.310 e. The van der Waals surface area contributed by atoms with Crippen LogP contribution in [0.1, 0.15) is 32.1 Å². The van der Waals surface area contributed by atoms with Crippen molar-refractivity contribution in [1.29, 1.82) is 0 Å². The molecule has 1 unspecified atom stereocenters. The van der Waals surface area contributed by atoms with Gasteiger partial charge < -0.3 is 5.11 Å². The Morgan fingerprint density at radius 1 is 1.43 bits per heavy atom. The van der Waals surface area contributed by atoms with Crippen LogP contribution < -0.4 is 0 Å². The summed E-state index contributed by atoms with van der Waals surface area (Å²) in [5.74, 6) is 0.0406. The molecule has 0 aromatic heterocycles. The number of carbonyl (C=O) groups excluding carboxylic acids is 1. The Morgan fingerprint density at radius 2 is 2.21 bits per heavy atom. The standard InChI is InChI=1S/C9H14O3S2/c10-7(6-9(11)12)3-4-8-2-1-5-13-14-8/h8H,1-6H2,(H,11,12). The average Bonchev–Trinajstić information content (AvgIpc) is 2.15. The summed E-state index contributed by atoms with van der Waals surface area (Å²) in [6.07, 6.45) is 3.33. The van der Waals surface area contributed by atoms with Crippen molar-refractivity contribution in [1.82, 2.24) is 0 Å². The molecular weight excluding hydrogens is 220 g/mol. The van der Waals surface area contributed by atoms with Crippen LogP contribution in [-0.4, -0.2) is 27.9 Å². The van der Waals surface area contributed by atoms with Crippen molar-refractivity contribution in [2.75, 3.05) is 5.75 Å². The van der Waals surface area contributed by atoms with Crippen LogP contribution in [0.15, 0.2) is 0 Å². The second-order valence-electron chi connectivity index (χ2n) is 3.33. The zero-order valence-electron chi connectivity index (χ0n) is 7.90. The van der Waals surface area contributed by atoms with Crippen molar-refractivity contribution in [3.8, 4) is 0 Å². The van der Waals surface area contributed by atoms with Gasteiger partial charge in [0, 0.05) is 17.4 Å². The molecular formula is C9H14O3S2. The lowest BCUT2D eigenvalue weighted by Gasteiger charge is -2.19. The van der Waals surface area contributed by atoms with Crippen LogP contribution in [0.3, 0.4) is 0 Å². The summed E-state index contributed by atoms with van der Waals surface area (Å²) in [7, 11) is 3.70. The molecule has 1 aliphatic heterocycles. The summed E-state index contributed by atoms with van der Waals surface area (Å²) >= 11 is 0. The third-order valence-corrected chi connectivity index (χ3v) is 5.11. The Morgan fingerprint density at radius 3 is 2.79 bits per heavy atom. The molecule has 3 nitrogen and oxygen atoms in total. The molecule has 0 radical (unpaired) electrons. The molecule has 0 spiro atoms. The summed E-state index contributed by atoms with van der Waals surface area (Å²) < 4.78 is 0. The Hall–Kier alpha value is -0.160. The zero-order chi connectivity index (χ0) is 10.4. The first-order chi connectivity index (χ1) is 6.68. The first-order valence-electron chi connectivity index (χ1n) is 4.70. The molecule has 1 aliphatic rings. The van der Waals surface area contributed by atoms with Gasteiger partial charge in [-0.3, -0.25) is 9.59 Å². The van der Waals surface area contributed by atoms with E-state index >= 15 is 0 Å². The molecule has 5 heteroatoms. The number of carbonyl (C=O) groups is 2. The van der Waals surface area contributed by atoms with Gasteiger partial charge in [0.15, 0.2) is 0 Å². The van der Waals surface area contributed by atoms with Crippen molar-refractivity contribution in [3.63, 3.8) is 0 Å². The van der Waals surface area contributed by atoms with E-state index in [0.717, 1.165) is 12.8 Å².